The summed E-state index contributed by atoms with van der Waals surface area (Å²) in [6.45, 7) is 26.5. The van der Waals surface area contributed by atoms with Gasteiger partial charge in [-0.1, -0.05) is 155 Å². The van der Waals surface area contributed by atoms with E-state index in [1.54, 1.807) is 18.2 Å². The van der Waals surface area contributed by atoms with Crippen molar-refractivity contribution in [2.75, 3.05) is 105 Å². The van der Waals surface area contributed by atoms with E-state index >= 15 is 0 Å². The van der Waals surface area contributed by atoms with Crippen LogP contribution in [-0.2, 0) is 14.4 Å². The van der Waals surface area contributed by atoms with Gasteiger partial charge in [-0.25, -0.2) is 0 Å². The molecule has 6 fully saturated rings. The van der Waals surface area contributed by atoms with Gasteiger partial charge in [-0.3, -0.25) is 28.8 Å². The first kappa shape index (κ1) is 84.6. The molecule has 5 heterocycles. The molecule has 6 amide bonds. The Morgan fingerprint density at radius 1 is 0.481 bits per heavy atom. The molecule has 0 spiro atoms. The average molecular weight is 1580 g/mol. The van der Waals surface area contributed by atoms with E-state index in [9.17, 15) is 28.8 Å². The lowest BCUT2D eigenvalue weighted by molar-refractivity contribution is -0.134. The van der Waals surface area contributed by atoms with Crippen LogP contribution in [0.3, 0.4) is 0 Å². The Morgan fingerprint density at radius 3 is 1.33 bits per heavy atom. The van der Waals surface area contributed by atoms with E-state index in [1.807, 2.05) is 71.6 Å². The summed E-state index contributed by atoms with van der Waals surface area (Å²) in [6, 6.07) is 27.5. The number of carbonyl (C=O) groups excluding carboxylic acids is 6. The van der Waals surface area contributed by atoms with Crippen LogP contribution in [-0.4, -0.2) is 201 Å². The van der Waals surface area contributed by atoms with Gasteiger partial charge in [-0.15, -0.1) is 0 Å². The van der Waals surface area contributed by atoms with Crippen LogP contribution in [0.2, 0.25) is 15.1 Å². The maximum Gasteiger partial charge on any atom is 0.251 e. The fourth-order valence-electron chi connectivity index (χ4n) is 16.6. The standard InChI is InChI=1S/C30H43BrN4O2.C30H43ClN4O2.C24H36Cl2N4O2/c2*1-3-22(4-2)21-35-17-12-27(33-28(30(35)37)13-16-34-14-6-5-7-15-34)20-32-29(36)25-9-8-24-19-26(31)11-10-23(24)18-25;1-15-9-16(2)11-17(10-15)14-30-8-6-19(29-22(5-7-27)24(30)32)13-28-23(31)18-3-4-20(25)21(26)12-18/h2*8-11,18-19,22,27-28,33H,3-7,12-17,20-21H2,1-2H3,(H,32,36);3-4,12,15-17,19,22,29H,5-11,13-14,27H2,1-2H3,(H,28,31)/t2*27-,28-;15?,16?,17?,19-,22-/m000/s1. The molecule has 0 aromatic heterocycles. The highest BCUT2D eigenvalue weighted by Crippen LogP contribution is 2.34. The predicted octanol–water partition coefficient (Wildman–Crippen LogP) is 14.0. The highest BCUT2D eigenvalue weighted by atomic mass is 79.9. The lowest BCUT2D eigenvalue weighted by Gasteiger charge is -2.35. The number of carbonyl (C=O) groups is 6. The van der Waals surface area contributed by atoms with Crippen molar-refractivity contribution >= 4 is 108 Å². The topological polar surface area (TPSA) is 217 Å². The summed E-state index contributed by atoms with van der Waals surface area (Å²) in [5, 5.41) is 25.6. The molecule has 8 N–H and O–H groups in total. The number of nitrogens with zero attached hydrogens (tertiary/aromatic N) is 5. The normalized spacial score (nSPS) is 23.7. The molecule has 5 aliphatic heterocycles. The molecule has 5 aromatic carbocycles. The molecule has 106 heavy (non-hydrogen) atoms. The summed E-state index contributed by atoms with van der Waals surface area (Å²) in [5.74, 6) is 3.29. The van der Waals surface area contributed by atoms with Crippen molar-refractivity contribution in [3.05, 3.63) is 127 Å². The number of nitrogens with one attached hydrogen (secondary N) is 6. The van der Waals surface area contributed by atoms with Gasteiger partial charge in [-0.05, 0) is 234 Å². The van der Waals surface area contributed by atoms with E-state index in [0.717, 1.165) is 156 Å². The SMILES string of the molecule is CC1CC(C)CC(CN2CC[C@@H](CNC(=O)c3ccc(Cl)c(Cl)c3)N[C@@H](CCN)C2=O)C1.CCC(CC)CN1CC[C@@H](CNC(=O)c2ccc3cc(Br)ccc3c2)N[C@@H](CCN2CCCCC2)C1=O.CCC(CC)CN1CC[C@@H](CNC(=O)c2ccc3cc(Cl)ccc3c2)N[C@@H](CCN2CCCCC2)C1=O. The zero-order valence-corrected chi connectivity index (χ0v) is 67.9. The molecule has 6 aliphatic rings. The Kier molecular flexibility index (Phi) is 34.5. The molecule has 11 rings (SSSR count). The van der Waals surface area contributed by atoms with Gasteiger partial charge in [0.2, 0.25) is 17.7 Å². The van der Waals surface area contributed by atoms with Crippen LogP contribution in [0.15, 0.2) is 95.5 Å². The van der Waals surface area contributed by atoms with E-state index in [0.29, 0.717) is 100 Å². The molecule has 0 bridgehead atoms. The highest BCUT2D eigenvalue weighted by Gasteiger charge is 2.37. The maximum absolute atomic E-state index is 13.6. The van der Waals surface area contributed by atoms with Crippen LogP contribution >= 0.6 is 50.7 Å². The van der Waals surface area contributed by atoms with Gasteiger partial charge in [0, 0.05) is 116 Å². The Hall–Kier alpha value is -5.45. The minimum absolute atomic E-state index is 0.00331. The van der Waals surface area contributed by atoms with Crippen molar-refractivity contribution in [1.82, 2.24) is 56.4 Å². The smallest absolute Gasteiger partial charge is 0.251 e. The zero-order chi connectivity index (χ0) is 75.7. The molecule has 582 valence electrons. The van der Waals surface area contributed by atoms with E-state index < -0.39 is 0 Å². The van der Waals surface area contributed by atoms with Crippen molar-refractivity contribution in [2.45, 2.75) is 200 Å². The van der Waals surface area contributed by atoms with Gasteiger partial charge >= 0.3 is 0 Å². The molecular formula is C84H122BrCl3N12O6. The Morgan fingerprint density at radius 2 is 0.877 bits per heavy atom. The van der Waals surface area contributed by atoms with Gasteiger partial charge in [-0.2, -0.15) is 0 Å². The lowest BCUT2D eigenvalue weighted by Crippen LogP contribution is -2.50. The summed E-state index contributed by atoms with van der Waals surface area (Å²) < 4.78 is 1.03. The number of piperidine rings is 2. The van der Waals surface area contributed by atoms with E-state index in [4.69, 9.17) is 40.5 Å². The molecule has 0 radical (unpaired) electrons. The van der Waals surface area contributed by atoms with Crippen LogP contribution < -0.4 is 37.6 Å². The zero-order valence-electron chi connectivity index (χ0n) is 64.0. The van der Waals surface area contributed by atoms with Gasteiger partial charge in [0.15, 0.2) is 0 Å². The van der Waals surface area contributed by atoms with Crippen molar-refractivity contribution in [2.24, 2.45) is 35.3 Å². The summed E-state index contributed by atoms with van der Waals surface area (Å²) in [5.41, 5.74) is 7.57. The van der Waals surface area contributed by atoms with Crippen molar-refractivity contribution in [3.63, 3.8) is 0 Å². The number of benzene rings is 5. The number of halogens is 4. The monoisotopic (exact) mass is 1580 g/mol. The van der Waals surface area contributed by atoms with Gasteiger partial charge in [0.05, 0.1) is 28.2 Å². The summed E-state index contributed by atoms with van der Waals surface area (Å²) in [6.07, 6.45) is 20.4. The second-order valence-corrected chi connectivity index (χ2v) is 33.4. The molecule has 8 atom stereocenters. The molecule has 1 aliphatic carbocycles. The molecule has 1 saturated carbocycles. The third kappa shape index (κ3) is 25.8. The molecule has 22 heteroatoms. The molecule has 18 nitrogen and oxygen atoms in total. The molecule has 5 saturated heterocycles. The Labute approximate surface area is 655 Å². The third-order valence-corrected chi connectivity index (χ3v) is 24.5. The number of hydrogen-bond acceptors (Lipinski definition) is 12. The fourth-order valence-corrected chi connectivity index (χ4v) is 17.5. The second kappa shape index (κ2) is 43.2. The molecule has 5 aromatic rings. The predicted molar refractivity (Wildman–Crippen MR) is 437 cm³/mol. The van der Waals surface area contributed by atoms with Crippen LogP contribution in [0, 0.1) is 29.6 Å². The molecule has 2 unspecified atom stereocenters. The van der Waals surface area contributed by atoms with Crippen LogP contribution in [0.1, 0.15) is 195 Å². The number of hydrogen-bond donors (Lipinski definition) is 7. The Balaban J connectivity index is 0.000000185. The number of amides is 6. The van der Waals surface area contributed by atoms with Gasteiger partial charge in [0.25, 0.3) is 17.7 Å². The molecular weight excluding hydrogens is 1460 g/mol. The number of likely N-dealkylation sites (tertiary alicyclic amines) is 2. The van der Waals surface area contributed by atoms with Crippen molar-refractivity contribution in [1.29, 1.82) is 0 Å². The largest absolute Gasteiger partial charge is 0.350 e. The minimum Gasteiger partial charge on any atom is -0.350 e. The second-order valence-electron chi connectivity index (χ2n) is 31.2. The van der Waals surface area contributed by atoms with E-state index in [-0.39, 0.29) is 71.7 Å². The van der Waals surface area contributed by atoms with Gasteiger partial charge in [0.1, 0.15) is 0 Å². The number of rotatable bonds is 27. The first-order chi connectivity index (χ1) is 51.2. The first-order valence-electron chi connectivity index (χ1n) is 40.2. The number of nitrogens with two attached hydrogens (primary N) is 1. The first-order valence-corrected chi connectivity index (χ1v) is 42.1. The lowest BCUT2D eigenvalue weighted by atomic mass is 9.76. The minimum atomic E-state index is -0.312. The van der Waals surface area contributed by atoms with E-state index in [2.05, 4.69) is 115 Å². The van der Waals surface area contributed by atoms with E-state index in [1.165, 1.54) is 57.8 Å². The fraction of sp³-hybridized carbons (Fsp3) is 0.619. The summed E-state index contributed by atoms with van der Waals surface area (Å²) in [4.78, 5) is 90.2. The third-order valence-electron chi connectivity index (χ3n) is 23.1. The van der Waals surface area contributed by atoms with Crippen molar-refractivity contribution in [3.8, 4) is 0 Å². The van der Waals surface area contributed by atoms with Crippen LogP contribution in [0.4, 0.5) is 0 Å². The highest BCUT2D eigenvalue weighted by molar-refractivity contribution is 9.10. The quantitative estimate of drug-likeness (QED) is 0.0261. The van der Waals surface area contributed by atoms with Gasteiger partial charge < -0.3 is 62.1 Å². The summed E-state index contributed by atoms with van der Waals surface area (Å²) >= 11 is 21.6. The Bertz CT molecular complexity index is 3470. The van der Waals surface area contributed by atoms with Crippen molar-refractivity contribution < 1.29 is 28.8 Å². The summed E-state index contributed by atoms with van der Waals surface area (Å²) in [7, 11) is 0. The average Bonchev–Trinajstić information content (AvgIpc) is 1.61. The number of fused-ring (bicyclic) bond motifs is 2. The van der Waals surface area contributed by atoms with Crippen LogP contribution in [0.25, 0.3) is 21.5 Å². The van der Waals surface area contributed by atoms with Crippen LogP contribution in [0.5, 0.6) is 0 Å². The maximum atomic E-state index is 13.6.